The van der Waals surface area contributed by atoms with Crippen molar-refractivity contribution in [2.75, 3.05) is 19.6 Å². The van der Waals surface area contributed by atoms with Gasteiger partial charge in [-0.3, -0.25) is 10.4 Å². The molecule has 0 amide bonds. The Morgan fingerprint density at radius 1 is 1.38 bits per heavy atom. The smallest absolute Gasteiger partial charge is 0.208 e. The number of hydrazine groups is 1. The third-order valence-corrected chi connectivity index (χ3v) is 3.07. The Morgan fingerprint density at radius 3 is 2.50 bits per heavy atom. The number of aliphatic imine (C=N–C) groups is 1. The topological polar surface area (TPSA) is 53.6 Å². The van der Waals surface area contributed by atoms with E-state index in [9.17, 15) is 0 Å². The van der Waals surface area contributed by atoms with Crippen molar-refractivity contribution in [2.24, 2.45) is 22.7 Å². The van der Waals surface area contributed by atoms with Crippen molar-refractivity contribution in [1.29, 1.82) is 0 Å². The Labute approximate surface area is 99.3 Å². The molecule has 2 unspecified atom stereocenters. The normalized spacial score (nSPS) is 27.0. The van der Waals surface area contributed by atoms with Crippen LogP contribution in [0, 0.1) is 11.8 Å². The molecule has 0 bridgehead atoms. The molecule has 1 fully saturated rings. The molecule has 0 spiro atoms. The van der Waals surface area contributed by atoms with Crippen LogP contribution in [0.1, 0.15) is 40.0 Å². The maximum atomic E-state index is 5.55. The Morgan fingerprint density at radius 2 is 2.00 bits per heavy atom. The highest BCUT2D eigenvalue weighted by molar-refractivity contribution is 5.79. The van der Waals surface area contributed by atoms with Crippen molar-refractivity contribution in [3.05, 3.63) is 0 Å². The van der Waals surface area contributed by atoms with E-state index in [1.807, 2.05) is 0 Å². The number of hydrogen-bond donors (Lipinski definition) is 2. The lowest BCUT2D eigenvalue weighted by atomic mass is 9.92. The van der Waals surface area contributed by atoms with Gasteiger partial charge >= 0.3 is 0 Å². The Bertz CT molecular complexity index is 217. The molecular weight excluding hydrogens is 200 g/mol. The fourth-order valence-corrected chi connectivity index (χ4v) is 2.42. The monoisotopic (exact) mass is 226 g/mol. The summed E-state index contributed by atoms with van der Waals surface area (Å²) < 4.78 is 0. The first-order valence-corrected chi connectivity index (χ1v) is 6.43. The molecule has 1 saturated heterocycles. The molecule has 0 aliphatic carbocycles. The van der Waals surface area contributed by atoms with Crippen LogP contribution in [0.4, 0.5) is 0 Å². The van der Waals surface area contributed by atoms with Gasteiger partial charge in [-0.1, -0.05) is 27.2 Å². The van der Waals surface area contributed by atoms with Gasteiger partial charge in [0, 0.05) is 19.6 Å². The molecule has 0 radical (unpaired) electrons. The summed E-state index contributed by atoms with van der Waals surface area (Å²) in [4.78, 5) is 6.82. The van der Waals surface area contributed by atoms with E-state index in [-0.39, 0.29) is 0 Å². The molecule has 94 valence electrons. The Kier molecular flexibility index (Phi) is 5.60. The quantitative estimate of drug-likeness (QED) is 0.253. The fraction of sp³-hybridized carbons (Fsp3) is 0.917. The summed E-state index contributed by atoms with van der Waals surface area (Å²) in [6, 6.07) is 0. The molecule has 4 heteroatoms. The van der Waals surface area contributed by atoms with Gasteiger partial charge in [0.05, 0.1) is 0 Å². The standard InChI is InChI=1S/C12H26N4/c1-4-5-6-14-12(15-13)16-8-10(2)7-11(3)9-16/h10-11H,4-9,13H2,1-3H3,(H,14,15). The molecular formula is C12H26N4. The van der Waals surface area contributed by atoms with Crippen LogP contribution < -0.4 is 11.3 Å². The summed E-state index contributed by atoms with van der Waals surface area (Å²) in [6.07, 6.45) is 3.61. The lowest BCUT2D eigenvalue weighted by Crippen LogP contribution is -2.50. The lowest BCUT2D eigenvalue weighted by molar-refractivity contribution is 0.208. The Hall–Kier alpha value is -0.770. The molecule has 1 heterocycles. The zero-order valence-corrected chi connectivity index (χ0v) is 10.9. The minimum atomic E-state index is 0.730. The number of unbranched alkanes of at least 4 members (excludes halogenated alkanes) is 1. The van der Waals surface area contributed by atoms with Gasteiger partial charge in [-0.25, -0.2) is 5.84 Å². The second kappa shape index (κ2) is 6.74. The van der Waals surface area contributed by atoms with Crippen LogP contribution >= 0.6 is 0 Å². The maximum Gasteiger partial charge on any atom is 0.208 e. The molecule has 0 aromatic rings. The molecule has 0 saturated carbocycles. The summed E-state index contributed by atoms with van der Waals surface area (Å²) >= 11 is 0. The van der Waals surface area contributed by atoms with Gasteiger partial charge in [0.2, 0.25) is 5.96 Å². The largest absolute Gasteiger partial charge is 0.341 e. The van der Waals surface area contributed by atoms with Gasteiger partial charge < -0.3 is 4.90 Å². The van der Waals surface area contributed by atoms with Crippen molar-refractivity contribution < 1.29 is 0 Å². The number of nitrogens with one attached hydrogen (secondary N) is 1. The first kappa shape index (κ1) is 13.3. The van der Waals surface area contributed by atoms with E-state index >= 15 is 0 Å². The van der Waals surface area contributed by atoms with Crippen molar-refractivity contribution in [3.63, 3.8) is 0 Å². The van der Waals surface area contributed by atoms with Gasteiger partial charge in [-0.15, -0.1) is 0 Å². The van der Waals surface area contributed by atoms with Crippen LogP contribution in [-0.2, 0) is 0 Å². The third-order valence-electron chi connectivity index (χ3n) is 3.07. The zero-order chi connectivity index (χ0) is 12.0. The van der Waals surface area contributed by atoms with E-state index < -0.39 is 0 Å². The molecule has 1 rings (SSSR count). The average molecular weight is 226 g/mol. The highest BCUT2D eigenvalue weighted by atomic mass is 15.4. The summed E-state index contributed by atoms with van der Waals surface area (Å²) in [5.74, 6) is 7.88. The van der Waals surface area contributed by atoms with Gasteiger partial charge in [-0.2, -0.15) is 0 Å². The maximum absolute atomic E-state index is 5.55. The second-order valence-corrected chi connectivity index (χ2v) is 5.05. The predicted octanol–water partition coefficient (Wildman–Crippen LogP) is 1.58. The number of nitrogens with two attached hydrogens (primary N) is 1. The minimum absolute atomic E-state index is 0.730. The van der Waals surface area contributed by atoms with E-state index in [2.05, 4.69) is 36.1 Å². The van der Waals surface area contributed by atoms with Gasteiger partial charge in [-0.05, 0) is 24.7 Å². The molecule has 1 aliphatic heterocycles. The van der Waals surface area contributed by atoms with Crippen molar-refractivity contribution in [2.45, 2.75) is 40.0 Å². The summed E-state index contributed by atoms with van der Waals surface area (Å²) in [5, 5.41) is 0. The second-order valence-electron chi connectivity index (χ2n) is 5.05. The van der Waals surface area contributed by atoms with Crippen LogP contribution in [0.25, 0.3) is 0 Å². The minimum Gasteiger partial charge on any atom is -0.341 e. The highest BCUT2D eigenvalue weighted by Gasteiger charge is 2.23. The van der Waals surface area contributed by atoms with Crippen LogP contribution in [0.2, 0.25) is 0 Å². The van der Waals surface area contributed by atoms with Gasteiger partial charge in [0.1, 0.15) is 0 Å². The van der Waals surface area contributed by atoms with Crippen molar-refractivity contribution >= 4 is 5.96 Å². The van der Waals surface area contributed by atoms with Gasteiger partial charge in [0.25, 0.3) is 0 Å². The van der Waals surface area contributed by atoms with E-state index in [0.717, 1.165) is 43.9 Å². The molecule has 1 aliphatic rings. The van der Waals surface area contributed by atoms with E-state index in [1.165, 1.54) is 12.8 Å². The summed E-state index contributed by atoms with van der Waals surface area (Å²) in [6.45, 7) is 9.77. The summed E-state index contributed by atoms with van der Waals surface area (Å²) in [7, 11) is 0. The zero-order valence-electron chi connectivity index (χ0n) is 10.9. The number of rotatable bonds is 3. The number of hydrogen-bond acceptors (Lipinski definition) is 2. The summed E-state index contributed by atoms with van der Waals surface area (Å²) in [5.41, 5.74) is 2.75. The van der Waals surface area contributed by atoms with E-state index in [4.69, 9.17) is 5.84 Å². The molecule has 4 nitrogen and oxygen atoms in total. The third kappa shape index (κ3) is 4.00. The first-order chi connectivity index (χ1) is 7.67. The molecule has 3 N–H and O–H groups in total. The van der Waals surface area contributed by atoms with Crippen LogP contribution in [0.3, 0.4) is 0 Å². The number of nitrogens with zero attached hydrogens (tertiary/aromatic N) is 2. The molecule has 16 heavy (non-hydrogen) atoms. The average Bonchev–Trinajstić information content (AvgIpc) is 2.23. The first-order valence-electron chi connectivity index (χ1n) is 6.43. The van der Waals surface area contributed by atoms with Gasteiger partial charge in [0.15, 0.2) is 0 Å². The lowest BCUT2D eigenvalue weighted by Gasteiger charge is -2.36. The van der Waals surface area contributed by atoms with E-state index in [0.29, 0.717) is 0 Å². The van der Waals surface area contributed by atoms with Crippen molar-refractivity contribution in [3.8, 4) is 0 Å². The molecule has 0 aromatic heterocycles. The van der Waals surface area contributed by atoms with Crippen molar-refractivity contribution in [1.82, 2.24) is 10.3 Å². The fourth-order valence-electron chi connectivity index (χ4n) is 2.42. The number of piperidine rings is 1. The molecule has 2 atom stereocenters. The Balaban J connectivity index is 2.54. The number of guanidine groups is 1. The SMILES string of the molecule is CCCCN=C(NN)N1CC(C)CC(C)C1. The van der Waals surface area contributed by atoms with Crippen LogP contribution in [0.15, 0.2) is 4.99 Å². The van der Waals surface area contributed by atoms with Crippen LogP contribution in [0.5, 0.6) is 0 Å². The molecule has 0 aromatic carbocycles. The van der Waals surface area contributed by atoms with Crippen LogP contribution in [-0.4, -0.2) is 30.5 Å². The van der Waals surface area contributed by atoms with E-state index in [1.54, 1.807) is 0 Å². The number of likely N-dealkylation sites (tertiary alicyclic amines) is 1. The highest BCUT2D eigenvalue weighted by Crippen LogP contribution is 2.20. The predicted molar refractivity (Wildman–Crippen MR) is 69.1 cm³/mol.